The number of thioether (sulfide) groups is 1. The fourth-order valence-electron chi connectivity index (χ4n) is 2.08. The van der Waals surface area contributed by atoms with E-state index < -0.39 is 0 Å². The number of aromatic nitrogens is 3. The molecular weight excluding hydrogens is 306 g/mol. The summed E-state index contributed by atoms with van der Waals surface area (Å²) in [7, 11) is 0. The van der Waals surface area contributed by atoms with Gasteiger partial charge < -0.3 is 4.74 Å². The average molecular weight is 323 g/mol. The lowest BCUT2D eigenvalue weighted by molar-refractivity contribution is 0.340. The van der Waals surface area contributed by atoms with Crippen LogP contribution in [0, 0.1) is 0 Å². The minimum Gasteiger partial charge on any atom is -0.494 e. The van der Waals surface area contributed by atoms with Crippen molar-refractivity contribution in [3.05, 3.63) is 66.5 Å². The van der Waals surface area contributed by atoms with Crippen molar-refractivity contribution < 1.29 is 4.74 Å². The van der Waals surface area contributed by atoms with Crippen molar-refractivity contribution in [2.75, 3.05) is 6.61 Å². The Morgan fingerprint density at radius 1 is 1.00 bits per heavy atom. The molecule has 0 unspecified atom stereocenters. The Morgan fingerprint density at radius 2 is 1.87 bits per heavy atom. The van der Waals surface area contributed by atoms with E-state index in [2.05, 4.69) is 21.2 Å². The smallest absolute Gasteiger partial charge is 0.119 e. The van der Waals surface area contributed by atoms with Gasteiger partial charge in [-0.2, -0.15) is 0 Å². The standard InChI is InChI=1S/C18H17N3OS/c1-2-22-16-7-5-15(6-8-16)17-9-10-18(21-20-17)23-13-14-4-3-11-19-12-14/h3-12H,2,13H2,1H3. The maximum absolute atomic E-state index is 5.45. The molecule has 4 nitrogen and oxygen atoms in total. The second-order valence-corrected chi connectivity index (χ2v) is 5.86. The van der Waals surface area contributed by atoms with Crippen LogP contribution in [-0.2, 0) is 5.75 Å². The summed E-state index contributed by atoms with van der Waals surface area (Å²) in [5.74, 6) is 1.71. The van der Waals surface area contributed by atoms with E-state index in [0.717, 1.165) is 27.8 Å². The SMILES string of the molecule is CCOc1ccc(-c2ccc(SCc3cccnc3)nn2)cc1. The summed E-state index contributed by atoms with van der Waals surface area (Å²) >= 11 is 1.65. The molecule has 2 heterocycles. The minimum absolute atomic E-state index is 0.669. The quantitative estimate of drug-likeness (QED) is 0.635. The van der Waals surface area contributed by atoms with E-state index in [9.17, 15) is 0 Å². The molecule has 0 saturated heterocycles. The molecule has 0 bridgehead atoms. The van der Waals surface area contributed by atoms with E-state index in [1.54, 1.807) is 18.0 Å². The molecule has 3 rings (SSSR count). The van der Waals surface area contributed by atoms with Gasteiger partial charge in [0.05, 0.1) is 12.3 Å². The van der Waals surface area contributed by atoms with Crippen LogP contribution in [-0.4, -0.2) is 21.8 Å². The molecule has 0 saturated carbocycles. The molecule has 0 aliphatic carbocycles. The highest BCUT2D eigenvalue weighted by Crippen LogP contribution is 2.23. The van der Waals surface area contributed by atoms with Crippen molar-refractivity contribution in [2.45, 2.75) is 17.7 Å². The summed E-state index contributed by atoms with van der Waals surface area (Å²) in [6, 6.07) is 15.9. The van der Waals surface area contributed by atoms with E-state index >= 15 is 0 Å². The molecule has 0 spiro atoms. The van der Waals surface area contributed by atoms with Crippen molar-refractivity contribution >= 4 is 11.8 Å². The molecule has 0 amide bonds. The van der Waals surface area contributed by atoms with Gasteiger partial charge in [0.25, 0.3) is 0 Å². The summed E-state index contributed by atoms with van der Waals surface area (Å²) in [6.45, 7) is 2.64. The third-order valence-corrected chi connectivity index (χ3v) is 4.20. The Morgan fingerprint density at radius 3 is 2.52 bits per heavy atom. The fraction of sp³-hybridized carbons (Fsp3) is 0.167. The number of hydrogen-bond donors (Lipinski definition) is 0. The monoisotopic (exact) mass is 323 g/mol. The molecule has 0 radical (unpaired) electrons. The van der Waals surface area contributed by atoms with Crippen LogP contribution >= 0.6 is 11.8 Å². The van der Waals surface area contributed by atoms with Crippen molar-refractivity contribution in [2.24, 2.45) is 0 Å². The summed E-state index contributed by atoms with van der Waals surface area (Å²) in [5.41, 5.74) is 3.07. The molecule has 5 heteroatoms. The normalized spacial score (nSPS) is 10.5. The average Bonchev–Trinajstić information content (AvgIpc) is 2.62. The van der Waals surface area contributed by atoms with E-state index in [0.29, 0.717) is 6.61 Å². The summed E-state index contributed by atoms with van der Waals surface area (Å²) < 4.78 is 5.45. The Labute approximate surface area is 140 Å². The topological polar surface area (TPSA) is 47.9 Å². The molecule has 1 aromatic carbocycles. The van der Waals surface area contributed by atoms with E-state index in [-0.39, 0.29) is 0 Å². The van der Waals surface area contributed by atoms with Gasteiger partial charge in [0, 0.05) is 23.7 Å². The number of rotatable bonds is 6. The lowest BCUT2D eigenvalue weighted by Crippen LogP contribution is -1.92. The van der Waals surface area contributed by atoms with Gasteiger partial charge in [-0.25, -0.2) is 0 Å². The molecule has 0 aliphatic rings. The number of nitrogens with zero attached hydrogens (tertiary/aromatic N) is 3. The van der Waals surface area contributed by atoms with Crippen LogP contribution in [0.4, 0.5) is 0 Å². The highest BCUT2D eigenvalue weighted by Gasteiger charge is 2.03. The lowest BCUT2D eigenvalue weighted by atomic mass is 10.1. The van der Waals surface area contributed by atoms with E-state index in [1.165, 1.54) is 5.56 Å². The van der Waals surface area contributed by atoms with Crippen molar-refractivity contribution in [3.8, 4) is 17.0 Å². The van der Waals surface area contributed by atoms with E-state index in [1.807, 2.05) is 55.6 Å². The number of hydrogen-bond acceptors (Lipinski definition) is 5. The van der Waals surface area contributed by atoms with Crippen molar-refractivity contribution in [1.29, 1.82) is 0 Å². The van der Waals surface area contributed by atoms with Gasteiger partial charge in [-0.15, -0.1) is 10.2 Å². The van der Waals surface area contributed by atoms with Crippen LogP contribution in [0.1, 0.15) is 12.5 Å². The van der Waals surface area contributed by atoms with Gasteiger partial charge in [0.15, 0.2) is 0 Å². The largest absolute Gasteiger partial charge is 0.494 e. The Hall–Kier alpha value is -2.40. The molecule has 0 atom stereocenters. The Balaban J connectivity index is 1.64. The van der Waals surface area contributed by atoms with Crippen LogP contribution < -0.4 is 4.74 Å². The highest BCUT2D eigenvalue weighted by molar-refractivity contribution is 7.98. The molecule has 0 aliphatic heterocycles. The van der Waals surface area contributed by atoms with Crippen LogP contribution in [0.25, 0.3) is 11.3 Å². The zero-order valence-electron chi connectivity index (χ0n) is 12.8. The van der Waals surface area contributed by atoms with E-state index in [4.69, 9.17) is 4.74 Å². The Bertz CT molecular complexity index is 730. The highest BCUT2D eigenvalue weighted by atomic mass is 32.2. The van der Waals surface area contributed by atoms with Gasteiger partial charge in [-0.05, 0) is 55.0 Å². The zero-order valence-corrected chi connectivity index (χ0v) is 13.7. The van der Waals surface area contributed by atoms with Crippen LogP contribution in [0.3, 0.4) is 0 Å². The van der Waals surface area contributed by atoms with Crippen LogP contribution in [0.15, 0.2) is 66.0 Å². The second-order valence-electron chi connectivity index (χ2n) is 4.86. The van der Waals surface area contributed by atoms with Gasteiger partial charge in [-0.3, -0.25) is 4.98 Å². The second kappa shape index (κ2) is 7.74. The van der Waals surface area contributed by atoms with Crippen molar-refractivity contribution in [3.63, 3.8) is 0 Å². The molecule has 116 valence electrons. The number of ether oxygens (including phenoxy) is 1. The number of benzene rings is 1. The van der Waals surface area contributed by atoms with Crippen LogP contribution in [0.5, 0.6) is 5.75 Å². The van der Waals surface area contributed by atoms with Gasteiger partial charge in [0.2, 0.25) is 0 Å². The molecule has 2 aromatic heterocycles. The fourth-order valence-corrected chi connectivity index (χ4v) is 2.83. The number of pyridine rings is 1. The molecular formula is C18H17N3OS. The third kappa shape index (κ3) is 4.29. The first-order valence-electron chi connectivity index (χ1n) is 7.44. The molecule has 3 aromatic rings. The van der Waals surface area contributed by atoms with Gasteiger partial charge in [0.1, 0.15) is 10.8 Å². The minimum atomic E-state index is 0.669. The molecule has 23 heavy (non-hydrogen) atoms. The maximum Gasteiger partial charge on any atom is 0.119 e. The molecule has 0 N–H and O–H groups in total. The van der Waals surface area contributed by atoms with Gasteiger partial charge >= 0.3 is 0 Å². The zero-order chi connectivity index (χ0) is 15.9. The maximum atomic E-state index is 5.45. The Kier molecular flexibility index (Phi) is 5.21. The van der Waals surface area contributed by atoms with Crippen molar-refractivity contribution in [1.82, 2.24) is 15.2 Å². The first-order chi connectivity index (χ1) is 11.3. The first-order valence-corrected chi connectivity index (χ1v) is 8.42. The summed E-state index contributed by atoms with van der Waals surface area (Å²) in [4.78, 5) is 4.11. The lowest BCUT2D eigenvalue weighted by Gasteiger charge is -2.05. The summed E-state index contributed by atoms with van der Waals surface area (Å²) in [5, 5.41) is 9.51. The summed E-state index contributed by atoms with van der Waals surface area (Å²) in [6.07, 6.45) is 3.65. The van der Waals surface area contributed by atoms with Crippen LogP contribution in [0.2, 0.25) is 0 Å². The molecule has 0 fully saturated rings. The third-order valence-electron chi connectivity index (χ3n) is 3.21. The first kappa shape index (κ1) is 15.5. The predicted molar refractivity (Wildman–Crippen MR) is 92.4 cm³/mol. The van der Waals surface area contributed by atoms with Gasteiger partial charge in [-0.1, -0.05) is 17.8 Å². The predicted octanol–water partition coefficient (Wildman–Crippen LogP) is 4.23.